The van der Waals surface area contributed by atoms with Gasteiger partial charge in [0.15, 0.2) is 0 Å². The van der Waals surface area contributed by atoms with Crippen LogP contribution in [0.5, 0.6) is 0 Å². The highest BCUT2D eigenvalue weighted by atomic mass is 14.2. The summed E-state index contributed by atoms with van der Waals surface area (Å²) < 4.78 is 0. The largest absolute Gasteiger partial charge is 0.0654 e. The molecule has 0 spiro atoms. The second kappa shape index (κ2) is 6.26. The number of fused-ring (bicyclic) bond motifs is 1. The van der Waals surface area contributed by atoms with Crippen molar-refractivity contribution in [3.63, 3.8) is 0 Å². The van der Waals surface area contributed by atoms with Crippen molar-refractivity contribution in [3.8, 4) is 11.1 Å². The van der Waals surface area contributed by atoms with Gasteiger partial charge in [0.2, 0.25) is 0 Å². The molecule has 1 aliphatic rings. The van der Waals surface area contributed by atoms with E-state index in [0.717, 1.165) is 0 Å². The van der Waals surface area contributed by atoms with Crippen molar-refractivity contribution in [2.75, 3.05) is 0 Å². The molecule has 0 aromatic heterocycles. The van der Waals surface area contributed by atoms with Gasteiger partial charge in [0.05, 0.1) is 0 Å². The lowest BCUT2D eigenvalue weighted by Crippen LogP contribution is -2.08. The van der Waals surface area contributed by atoms with Crippen molar-refractivity contribution in [2.45, 2.75) is 51.9 Å². The van der Waals surface area contributed by atoms with Crippen LogP contribution in [0.3, 0.4) is 0 Å². The molecule has 2 aromatic rings. The maximum Gasteiger partial charge on any atom is -0.0149 e. The number of hydrogen-bond acceptors (Lipinski definition) is 0. The molecular formula is C20H24. The summed E-state index contributed by atoms with van der Waals surface area (Å²) >= 11 is 0. The summed E-state index contributed by atoms with van der Waals surface area (Å²) in [6, 6.07) is 15.6. The highest BCUT2D eigenvalue weighted by Gasteiger charge is 2.17. The first-order valence-electron chi connectivity index (χ1n) is 8.09. The Hall–Kier alpha value is -1.56. The molecule has 0 N–H and O–H groups in total. The molecular weight excluding hydrogens is 240 g/mol. The molecule has 0 fully saturated rings. The van der Waals surface area contributed by atoms with Crippen molar-refractivity contribution in [1.29, 1.82) is 0 Å². The molecule has 0 heterocycles. The molecule has 2 aromatic carbocycles. The van der Waals surface area contributed by atoms with Gasteiger partial charge in [-0.15, -0.1) is 0 Å². The van der Waals surface area contributed by atoms with E-state index < -0.39 is 0 Å². The van der Waals surface area contributed by atoms with Crippen molar-refractivity contribution in [1.82, 2.24) is 0 Å². The Morgan fingerprint density at radius 3 is 2.35 bits per heavy atom. The highest BCUT2D eigenvalue weighted by Crippen LogP contribution is 2.34. The molecule has 0 bridgehead atoms. The van der Waals surface area contributed by atoms with Gasteiger partial charge in [-0.05, 0) is 66.3 Å². The first-order chi connectivity index (χ1) is 9.90. The first kappa shape index (κ1) is 13.4. The number of hydrogen-bond donors (Lipinski definition) is 0. The van der Waals surface area contributed by atoms with Crippen LogP contribution in [-0.2, 0) is 19.3 Å². The summed E-state index contributed by atoms with van der Waals surface area (Å²) in [6.07, 6.45) is 9.13. The van der Waals surface area contributed by atoms with Crippen LogP contribution < -0.4 is 0 Å². The lowest BCUT2D eigenvalue weighted by molar-refractivity contribution is 0.673. The minimum absolute atomic E-state index is 1.26. The SMILES string of the molecule is CCCCc1ccc(-c2ccccc2)c2c1CCCC2. The zero-order valence-corrected chi connectivity index (χ0v) is 12.5. The standard InChI is InChI=1S/C20H24/c1-2-3-9-17-14-15-19(16-10-5-4-6-11-16)20-13-8-7-12-18(17)20/h4-6,10-11,14-15H,2-3,7-9,12-13H2,1H3. The van der Waals surface area contributed by atoms with Gasteiger partial charge in [-0.2, -0.15) is 0 Å². The lowest BCUT2D eigenvalue weighted by atomic mass is 9.82. The maximum atomic E-state index is 2.39. The molecule has 3 rings (SSSR count). The van der Waals surface area contributed by atoms with E-state index in [0.29, 0.717) is 0 Å². The van der Waals surface area contributed by atoms with Gasteiger partial charge in [0.25, 0.3) is 0 Å². The van der Waals surface area contributed by atoms with Crippen molar-refractivity contribution in [3.05, 3.63) is 59.2 Å². The third kappa shape index (κ3) is 2.65. The summed E-state index contributed by atoms with van der Waals surface area (Å²) in [5.41, 5.74) is 7.77. The van der Waals surface area contributed by atoms with Gasteiger partial charge in [-0.25, -0.2) is 0 Å². The third-order valence-corrected chi connectivity index (χ3v) is 4.52. The molecule has 0 nitrogen and oxygen atoms in total. The van der Waals surface area contributed by atoms with Crippen molar-refractivity contribution < 1.29 is 0 Å². The monoisotopic (exact) mass is 264 g/mol. The van der Waals surface area contributed by atoms with Crippen LogP contribution in [0, 0.1) is 0 Å². The normalized spacial score (nSPS) is 14.1. The Labute approximate surface area is 122 Å². The average molecular weight is 264 g/mol. The van der Waals surface area contributed by atoms with E-state index in [-0.39, 0.29) is 0 Å². The third-order valence-electron chi connectivity index (χ3n) is 4.52. The number of rotatable bonds is 4. The van der Waals surface area contributed by atoms with E-state index in [2.05, 4.69) is 49.4 Å². The quantitative estimate of drug-likeness (QED) is 0.676. The van der Waals surface area contributed by atoms with Gasteiger partial charge >= 0.3 is 0 Å². The minimum Gasteiger partial charge on any atom is -0.0654 e. The first-order valence-corrected chi connectivity index (χ1v) is 8.09. The average Bonchev–Trinajstić information content (AvgIpc) is 2.53. The van der Waals surface area contributed by atoms with Crippen LogP contribution >= 0.6 is 0 Å². The van der Waals surface area contributed by atoms with E-state index in [1.54, 1.807) is 16.7 Å². The van der Waals surface area contributed by atoms with Crippen LogP contribution in [0.4, 0.5) is 0 Å². The fourth-order valence-corrected chi connectivity index (χ4v) is 3.43. The van der Waals surface area contributed by atoms with Crippen LogP contribution in [0.2, 0.25) is 0 Å². The van der Waals surface area contributed by atoms with Crippen LogP contribution in [0.15, 0.2) is 42.5 Å². The Morgan fingerprint density at radius 1 is 0.850 bits per heavy atom. The predicted octanol–water partition coefficient (Wildman–Crippen LogP) is 5.58. The van der Waals surface area contributed by atoms with E-state index in [4.69, 9.17) is 0 Å². The highest BCUT2D eigenvalue weighted by molar-refractivity contribution is 5.70. The number of aryl methyl sites for hydroxylation is 1. The molecule has 0 saturated carbocycles. The topological polar surface area (TPSA) is 0 Å². The number of benzene rings is 2. The Morgan fingerprint density at radius 2 is 1.60 bits per heavy atom. The molecule has 1 aliphatic carbocycles. The summed E-state index contributed by atoms with van der Waals surface area (Å²) in [6.45, 7) is 2.28. The second-order valence-electron chi connectivity index (χ2n) is 5.91. The molecule has 0 aliphatic heterocycles. The van der Waals surface area contributed by atoms with Crippen molar-refractivity contribution >= 4 is 0 Å². The summed E-state index contributed by atoms with van der Waals surface area (Å²) in [7, 11) is 0. The Kier molecular flexibility index (Phi) is 4.20. The molecule has 20 heavy (non-hydrogen) atoms. The molecule has 0 heteroatoms. The van der Waals surface area contributed by atoms with E-state index in [1.165, 1.54) is 56.1 Å². The van der Waals surface area contributed by atoms with Crippen molar-refractivity contribution in [2.24, 2.45) is 0 Å². The van der Waals surface area contributed by atoms with E-state index >= 15 is 0 Å². The van der Waals surface area contributed by atoms with Gasteiger partial charge in [-0.3, -0.25) is 0 Å². The molecule has 0 saturated heterocycles. The maximum absolute atomic E-state index is 2.39. The minimum atomic E-state index is 1.26. The van der Waals surface area contributed by atoms with Crippen LogP contribution in [0.25, 0.3) is 11.1 Å². The zero-order valence-electron chi connectivity index (χ0n) is 12.5. The fourth-order valence-electron chi connectivity index (χ4n) is 3.43. The predicted molar refractivity (Wildman–Crippen MR) is 87.1 cm³/mol. The van der Waals surface area contributed by atoms with Gasteiger partial charge in [-0.1, -0.05) is 55.8 Å². The Bertz CT molecular complexity index is 566. The van der Waals surface area contributed by atoms with Crippen LogP contribution in [-0.4, -0.2) is 0 Å². The van der Waals surface area contributed by atoms with Crippen LogP contribution in [0.1, 0.15) is 49.3 Å². The summed E-state index contributed by atoms with van der Waals surface area (Å²) in [5.74, 6) is 0. The van der Waals surface area contributed by atoms with E-state index in [1.807, 2.05) is 0 Å². The second-order valence-corrected chi connectivity index (χ2v) is 5.91. The molecule has 0 radical (unpaired) electrons. The molecule has 0 unspecified atom stereocenters. The molecule has 0 atom stereocenters. The summed E-state index contributed by atoms with van der Waals surface area (Å²) in [4.78, 5) is 0. The van der Waals surface area contributed by atoms with E-state index in [9.17, 15) is 0 Å². The summed E-state index contributed by atoms with van der Waals surface area (Å²) in [5, 5.41) is 0. The zero-order chi connectivity index (χ0) is 13.8. The molecule has 104 valence electrons. The van der Waals surface area contributed by atoms with Gasteiger partial charge < -0.3 is 0 Å². The molecule has 0 amide bonds. The van der Waals surface area contributed by atoms with Gasteiger partial charge in [0.1, 0.15) is 0 Å². The number of unbranched alkanes of at least 4 members (excludes halogenated alkanes) is 1. The lowest BCUT2D eigenvalue weighted by Gasteiger charge is -2.23. The smallest absolute Gasteiger partial charge is 0.0149 e. The van der Waals surface area contributed by atoms with Gasteiger partial charge in [0, 0.05) is 0 Å². The fraction of sp³-hybridized carbons (Fsp3) is 0.400. The Balaban J connectivity index is 2.04.